The molecule has 1 atom stereocenters. The second-order valence-corrected chi connectivity index (χ2v) is 8.91. The molecule has 0 fully saturated rings. The van der Waals surface area contributed by atoms with Crippen LogP contribution in [0.5, 0.6) is 0 Å². The van der Waals surface area contributed by atoms with Crippen LogP contribution in [0.3, 0.4) is 0 Å². The van der Waals surface area contributed by atoms with Gasteiger partial charge in [0.25, 0.3) is 0 Å². The van der Waals surface area contributed by atoms with Crippen LogP contribution in [0.2, 0.25) is 0 Å². The second-order valence-electron chi connectivity index (χ2n) is 8.91. The van der Waals surface area contributed by atoms with Crippen molar-refractivity contribution in [3.63, 3.8) is 0 Å². The molecule has 0 bridgehead atoms. The molecule has 2 rings (SSSR count). The summed E-state index contributed by atoms with van der Waals surface area (Å²) in [5.41, 5.74) is 1.92. The van der Waals surface area contributed by atoms with Crippen molar-refractivity contribution in [3.8, 4) is 0 Å². The third kappa shape index (κ3) is 8.02. The zero-order chi connectivity index (χ0) is 21.2. The molecule has 0 aliphatic rings. The molecule has 158 valence electrons. The van der Waals surface area contributed by atoms with E-state index in [9.17, 15) is 4.79 Å². The Balaban J connectivity index is 2.02. The molecule has 0 spiro atoms. The normalized spacial score (nSPS) is 12.7. The van der Waals surface area contributed by atoms with Crippen molar-refractivity contribution in [1.82, 2.24) is 5.32 Å². The van der Waals surface area contributed by atoms with Gasteiger partial charge in [0.15, 0.2) is 0 Å². The van der Waals surface area contributed by atoms with Gasteiger partial charge in [0.1, 0.15) is 12.5 Å². The van der Waals surface area contributed by atoms with Crippen LogP contribution in [0, 0.1) is 11.8 Å². The predicted molar refractivity (Wildman–Crippen MR) is 121 cm³/mol. The summed E-state index contributed by atoms with van der Waals surface area (Å²) in [6.45, 7) is 11.5. The average Bonchev–Trinajstić information content (AvgIpc) is 2.67. The quantitative estimate of drug-likeness (QED) is 0.489. The molecule has 3 nitrogen and oxygen atoms in total. The smallest absolute Gasteiger partial charge is 0.317 e. The minimum absolute atomic E-state index is 0.119. The standard InChI is InChI=1S/C26H37NO2/c1-19(2)16-24(17-20(3)4)27-21(5)18-29-26(28)25(22-12-8-6-9-13-22)23-14-10-7-11-15-23/h6-15,19-21,24-25,27H,16-18H2,1-5H3/t21-/m0/s1. The molecule has 0 heterocycles. The summed E-state index contributed by atoms with van der Waals surface area (Å²) in [5, 5.41) is 3.68. The van der Waals surface area contributed by atoms with Crippen LogP contribution < -0.4 is 5.32 Å². The van der Waals surface area contributed by atoms with Crippen molar-refractivity contribution in [2.24, 2.45) is 11.8 Å². The summed E-state index contributed by atoms with van der Waals surface area (Å²) in [4.78, 5) is 13.0. The number of esters is 1. The highest BCUT2D eigenvalue weighted by Gasteiger charge is 2.25. The van der Waals surface area contributed by atoms with Crippen LogP contribution in [-0.4, -0.2) is 24.7 Å². The molecule has 0 saturated heterocycles. The topological polar surface area (TPSA) is 38.3 Å². The fraction of sp³-hybridized carbons (Fsp3) is 0.500. The molecule has 2 aromatic rings. The van der Waals surface area contributed by atoms with Crippen molar-refractivity contribution < 1.29 is 9.53 Å². The van der Waals surface area contributed by atoms with E-state index in [1.165, 1.54) is 0 Å². The van der Waals surface area contributed by atoms with E-state index in [4.69, 9.17) is 4.74 Å². The van der Waals surface area contributed by atoms with Crippen LogP contribution in [-0.2, 0) is 9.53 Å². The molecular formula is C26H37NO2. The molecule has 1 N–H and O–H groups in total. The molecule has 0 aromatic heterocycles. The lowest BCUT2D eigenvalue weighted by Gasteiger charge is -2.26. The van der Waals surface area contributed by atoms with Gasteiger partial charge in [-0.1, -0.05) is 88.4 Å². The Labute approximate surface area is 176 Å². The fourth-order valence-corrected chi connectivity index (χ4v) is 3.87. The predicted octanol–water partition coefficient (Wildman–Crippen LogP) is 5.80. The molecule has 0 saturated carbocycles. The van der Waals surface area contributed by atoms with Gasteiger partial charge in [0, 0.05) is 12.1 Å². The Bertz CT molecular complexity index is 663. The summed E-state index contributed by atoms with van der Waals surface area (Å²) in [6, 6.07) is 20.3. The molecular weight excluding hydrogens is 358 g/mol. The molecule has 0 aliphatic heterocycles. The van der Waals surface area contributed by atoms with E-state index < -0.39 is 5.92 Å². The number of hydrogen-bond acceptors (Lipinski definition) is 3. The third-order valence-electron chi connectivity index (χ3n) is 5.01. The van der Waals surface area contributed by atoms with Crippen LogP contribution in [0.4, 0.5) is 0 Å². The van der Waals surface area contributed by atoms with E-state index in [0.717, 1.165) is 24.0 Å². The third-order valence-corrected chi connectivity index (χ3v) is 5.01. The lowest BCUT2D eigenvalue weighted by molar-refractivity contribution is -0.145. The maximum atomic E-state index is 13.0. The average molecular weight is 396 g/mol. The lowest BCUT2D eigenvalue weighted by atomic mass is 9.91. The number of hydrogen-bond donors (Lipinski definition) is 1. The van der Waals surface area contributed by atoms with E-state index in [1.54, 1.807) is 0 Å². The number of benzene rings is 2. The van der Waals surface area contributed by atoms with E-state index in [1.807, 2.05) is 60.7 Å². The SMILES string of the molecule is CC(C)CC(CC(C)C)N[C@@H](C)COC(=O)C(c1ccccc1)c1ccccc1. The van der Waals surface area contributed by atoms with E-state index in [0.29, 0.717) is 24.5 Å². The first-order chi connectivity index (χ1) is 13.9. The molecule has 29 heavy (non-hydrogen) atoms. The van der Waals surface area contributed by atoms with Gasteiger partial charge in [-0.15, -0.1) is 0 Å². The van der Waals surface area contributed by atoms with Crippen molar-refractivity contribution in [1.29, 1.82) is 0 Å². The minimum atomic E-state index is -0.397. The Kier molecular flexibility index (Phi) is 9.40. The fourth-order valence-electron chi connectivity index (χ4n) is 3.87. The van der Waals surface area contributed by atoms with Crippen molar-refractivity contribution in [3.05, 3.63) is 71.8 Å². The van der Waals surface area contributed by atoms with Gasteiger partial charge in [0.2, 0.25) is 0 Å². The summed E-state index contributed by atoms with van der Waals surface area (Å²) >= 11 is 0. The highest BCUT2D eigenvalue weighted by molar-refractivity contribution is 5.82. The van der Waals surface area contributed by atoms with E-state index in [-0.39, 0.29) is 12.0 Å². The van der Waals surface area contributed by atoms with Crippen LogP contribution in [0.1, 0.15) is 64.5 Å². The summed E-state index contributed by atoms with van der Waals surface area (Å²) in [7, 11) is 0. The zero-order valence-electron chi connectivity index (χ0n) is 18.6. The summed E-state index contributed by atoms with van der Waals surface area (Å²) < 4.78 is 5.78. The molecule has 0 unspecified atom stereocenters. The maximum Gasteiger partial charge on any atom is 0.317 e. The molecule has 2 aromatic carbocycles. The van der Waals surface area contributed by atoms with Gasteiger partial charge in [-0.3, -0.25) is 4.79 Å². The zero-order valence-corrected chi connectivity index (χ0v) is 18.6. The number of carbonyl (C=O) groups excluding carboxylic acids is 1. The first-order valence-corrected chi connectivity index (χ1v) is 10.9. The Morgan fingerprint density at radius 1 is 0.793 bits per heavy atom. The monoisotopic (exact) mass is 395 g/mol. The van der Waals surface area contributed by atoms with Gasteiger partial charge < -0.3 is 10.1 Å². The van der Waals surface area contributed by atoms with Gasteiger partial charge in [-0.05, 0) is 42.7 Å². The van der Waals surface area contributed by atoms with E-state index >= 15 is 0 Å². The first-order valence-electron chi connectivity index (χ1n) is 10.9. The van der Waals surface area contributed by atoms with Crippen LogP contribution in [0.15, 0.2) is 60.7 Å². The molecule has 3 heteroatoms. The number of carbonyl (C=O) groups is 1. The summed E-state index contributed by atoms with van der Waals surface area (Å²) in [6.07, 6.45) is 2.26. The lowest BCUT2D eigenvalue weighted by Crippen LogP contribution is -2.41. The Hall–Kier alpha value is -2.13. The number of nitrogens with one attached hydrogen (secondary N) is 1. The van der Waals surface area contributed by atoms with Gasteiger partial charge in [-0.25, -0.2) is 0 Å². The van der Waals surface area contributed by atoms with Crippen LogP contribution in [0.25, 0.3) is 0 Å². The van der Waals surface area contributed by atoms with Gasteiger partial charge in [-0.2, -0.15) is 0 Å². The maximum absolute atomic E-state index is 13.0. The highest BCUT2D eigenvalue weighted by atomic mass is 16.5. The number of ether oxygens (including phenoxy) is 1. The Morgan fingerprint density at radius 3 is 1.66 bits per heavy atom. The number of rotatable bonds is 11. The Morgan fingerprint density at radius 2 is 1.24 bits per heavy atom. The van der Waals surface area contributed by atoms with E-state index in [2.05, 4.69) is 39.9 Å². The molecule has 0 radical (unpaired) electrons. The highest BCUT2D eigenvalue weighted by Crippen LogP contribution is 2.26. The largest absolute Gasteiger partial charge is 0.463 e. The van der Waals surface area contributed by atoms with Crippen molar-refractivity contribution in [2.75, 3.05) is 6.61 Å². The molecule has 0 aliphatic carbocycles. The molecule has 0 amide bonds. The van der Waals surface area contributed by atoms with Gasteiger partial charge >= 0.3 is 5.97 Å². The summed E-state index contributed by atoms with van der Waals surface area (Å²) in [5.74, 6) is 0.690. The van der Waals surface area contributed by atoms with Gasteiger partial charge in [0.05, 0.1) is 0 Å². The van der Waals surface area contributed by atoms with Crippen LogP contribution >= 0.6 is 0 Å². The second kappa shape index (κ2) is 11.8. The van der Waals surface area contributed by atoms with Crippen molar-refractivity contribution in [2.45, 2.75) is 65.5 Å². The first kappa shape index (κ1) is 23.2. The minimum Gasteiger partial charge on any atom is -0.463 e. The van der Waals surface area contributed by atoms with Crippen molar-refractivity contribution >= 4 is 5.97 Å².